The molecule has 2 aromatic carbocycles. The summed E-state index contributed by atoms with van der Waals surface area (Å²) in [7, 11) is 0. The number of rotatable bonds is 5. The average Bonchev–Trinajstić information content (AvgIpc) is 2.63. The summed E-state index contributed by atoms with van der Waals surface area (Å²) in [6.07, 6.45) is 0. The fraction of sp³-hybridized carbons (Fsp3) is 0.105. The van der Waals surface area contributed by atoms with Gasteiger partial charge in [-0.15, -0.1) is 10.2 Å². The standard InChI is InChI=1S/C19H17BrN4O/c1-13-7-8-16(15(20)11-13)22-18-10-9-17(23-24-18)19(25)21-12-14-5-3-2-4-6-14/h2-11H,12H2,1H3,(H,21,25)(H,22,24). The number of carbonyl (C=O) groups excluding carboxylic acids is 1. The maximum Gasteiger partial charge on any atom is 0.272 e. The molecular formula is C19H17BrN4O. The van der Waals surface area contributed by atoms with Crippen molar-refractivity contribution < 1.29 is 4.79 Å². The van der Waals surface area contributed by atoms with Gasteiger partial charge in [-0.25, -0.2) is 0 Å². The van der Waals surface area contributed by atoms with Crippen LogP contribution in [0.4, 0.5) is 11.5 Å². The highest BCUT2D eigenvalue weighted by molar-refractivity contribution is 9.10. The molecule has 5 nitrogen and oxygen atoms in total. The van der Waals surface area contributed by atoms with Gasteiger partial charge in [0.15, 0.2) is 11.5 Å². The molecule has 0 saturated carbocycles. The molecule has 3 rings (SSSR count). The third-order valence-corrected chi connectivity index (χ3v) is 4.24. The molecule has 126 valence electrons. The van der Waals surface area contributed by atoms with Crippen molar-refractivity contribution in [1.29, 1.82) is 0 Å². The lowest BCUT2D eigenvalue weighted by Gasteiger charge is -2.09. The van der Waals surface area contributed by atoms with Crippen molar-refractivity contribution in [3.8, 4) is 0 Å². The molecule has 0 aliphatic carbocycles. The summed E-state index contributed by atoms with van der Waals surface area (Å²) in [5.41, 5.74) is 3.37. The summed E-state index contributed by atoms with van der Waals surface area (Å²) in [5, 5.41) is 14.1. The third kappa shape index (κ3) is 4.64. The van der Waals surface area contributed by atoms with Crippen molar-refractivity contribution in [2.45, 2.75) is 13.5 Å². The Morgan fingerprint density at radius 3 is 2.52 bits per heavy atom. The fourth-order valence-electron chi connectivity index (χ4n) is 2.25. The molecule has 1 heterocycles. The molecule has 0 bridgehead atoms. The van der Waals surface area contributed by atoms with Crippen molar-refractivity contribution in [3.63, 3.8) is 0 Å². The molecule has 0 aliphatic heterocycles. The second-order valence-corrected chi connectivity index (χ2v) is 6.43. The van der Waals surface area contributed by atoms with Crippen LogP contribution in [0.5, 0.6) is 0 Å². The zero-order chi connectivity index (χ0) is 17.6. The molecule has 1 amide bonds. The summed E-state index contributed by atoms with van der Waals surface area (Å²) in [4.78, 5) is 12.1. The first-order valence-electron chi connectivity index (χ1n) is 7.81. The van der Waals surface area contributed by atoms with E-state index in [1.54, 1.807) is 12.1 Å². The molecular weight excluding hydrogens is 380 g/mol. The van der Waals surface area contributed by atoms with Gasteiger partial charge in [-0.3, -0.25) is 4.79 Å². The number of nitrogens with zero attached hydrogens (tertiary/aromatic N) is 2. The highest BCUT2D eigenvalue weighted by Crippen LogP contribution is 2.25. The number of amides is 1. The number of benzene rings is 2. The molecule has 25 heavy (non-hydrogen) atoms. The molecule has 0 aliphatic rings. The minimum atomic E-state index is -0.251. The van der Waals surface area contributed by atoms with Crippen molar-refractivity contribution in [2.75, 3.05) is 5.32 Å². The Hall–Kier alpha value is -2.73. The summed E-state index contributed by atoms with van der Waals surface area (Å²) < 4.78 is 0.944. The van der Waals surface area contributed by atoms with Gasteiger partial charge in [0, 0.05) is 11.0 Å². The molecule has 0 fully saturated rings. The van der Waals surface area contributed by atoms with Crippen LogP contribution in [0.15, 0.2) is 65.1 Å². The fourth-order valence-corrected chi connectivity index (χ4v) is 2.84. The molecule has 0 unspecified atom stereocenters. The molecule has 6 heteroatoms. The minimum absolute atomic E-state index is 0.251. The Labute approximate surface area is 154 Å². The van der Waals surface area contributed by atoms with Gasteiger partial charge in [-0.05, 0) is 58.2 Å². The predicted molar refractivity (Wildman–Crippen MR) is 102 cm³/mol. The van der Waals surface area contributed by atoms with E-state index in [9.17, 15) is 4.79 Å². The molecule has 0 radical (unpaired) electrons. The number of halogens is 1. The number of anilines is 2. The Morgan fingerprint density at radius 1 is 1.04 bits per heavy atom. The van der Waals surface area contributed by atoms with Crippen LogP contribution in [0.2, 0.25) is 0 Å². The van der Waals surface area contributed by atoms with Crippen molar-refractivity contribution in [3.05, 3.63) is 82.0 Å². The van der Waals surface area contributed by atoms with Gasteiger partial charge < -0.3 is 10.6 Å². The maximum atomic E-state index is 12.1. The van der Waals surface area contributed by atoms with Gasteiger partial charge in [-0.1, -0.05) is 36.4 Å². The van der Waals surface area contributed by atoms with E-state index in [-0.39, 0.29) is 11.6 Å². The number of hydrogen-bond donors (Lipinski definition) is 2. The molecule has 3 aromatic rings. The van der Waals surface area contributed by atoms with Gasteiger partial charge in [-0.2, -0.15) is 0 Å². The minimum Gasteiger partial charge on any atom is -0.347 e. The van der Waals surface area contributed by atoms with Crippen LogP contribution in [0, 0.1) is 6.92 Å². The zero-order valence-corrected chi connectivity index (χ0v) is 15.2. The number of aryl methyl sites for hydroxylation is 1. The van der Waals surface area contributed by atoms with Gasteiger partial charge >= 0.3 is 0 Å². The Morgan fingerprint density at radius 2 is 1.84 bits per heavy atom. The quantitative estimate of drug-likeness (QED) is 0.677. The second-order valence-electron chi connectivity index (χ2n) is 5.58. The summed E-state index contributed by atoms with van der Waals surface area (Å²) in [6, 6.07) is 19.1. The summed E-state index contributed by atoms with van der Waals surface area (Å²) in [5.74, 6) is 0.323. The van der Waals surface area contributed by atoms with E-state index < -0.39 is 0 Å². The normalized spacial score (nSPS) is 10.3. The molecule has 0 saturated heterocycles. The highest BCUT2D eigenvalue weighted by atomic mass is 79.9. The smallest absolute Gasteiger partial charge is 0.272 e. The Kier molecular flexibility index (Phi) is 5.40. The van der Waals surface area contributed by atoms with Gasteiger partial charge in [0.2, 0.25) is 0 Å². The Balaban J connectivity index is 1.62. The highest BCUT2D eigenvalue weighted by Gasteiger charge is 2.08. The van der Waals surface area contributed by atoms with Crippen LogP contribution in [0.1, 0.15) is 21.6 Å². The maximum absolute atomic E-state index is 12.1. The number of carbonyl (C=O) groups is 1. The largest absolute Gasteiger partial charge is 0.347 e. The monoisotopic (exact) mass is 396 g/mol. The molecule has 2 N–H and O–H groups in total. The van der Waals surface area contributed by atoms with E-state index in [0.717, 1.165) is 21.3 Å². The van der Waals surface area contributed by atoms with E-state index in [2.05, 4.69) is 36.8 Å². The summed E-state index contributed by atoms with van der Waals surface area (Å²) in [6.45, 7) is 2.48. The zero-order valence-electron chi connectivity index (χ0n) is 13.7. The molecule has 0 atom stereocenters. The van der Waals surface area contributed by atoms with Crippen LogP contribution < -0.4 is 10.6 Å². The van der Waals surface area contributed by atoms with Gasteiger partial charge in [0.25, 0.3) is 5.91 Å². The number of hydrogen-bond acceptors (Lipinski definition) is 4. The lowest BCUT2D eigenvalue weighted by molar-refractivity contribution is 0.0945. The first-order valence-corrected chi connectivity index (χ1v) is 8.60. The first kappa shape index (κ1) is 17.1. The first-order chi connectivity index (χ1) is 12.1. The van der Waals surface area contributed by atoms with Crippen LogP contribution in [-0.4, -0.2) is 16.1 Å². The van der Waals surface area contributed by atoms with Gasteiger partial charge in [0.1, 0.15) is 0 Å². The van der Waals surface area contributed by atoms with Crippen LogP contribution in [0.25, 0.3) is 0 Å². The Bertz CT molecular complexity index is 866. The van der Waals surface area contributed by atoms with E-state index in [4.69, 9.17) is 0 Å². The van der Waals surface area contributed by atoms with Crippen LogP contribution in [-0.2, 0) is 6.54 Å². The van der Waals surface area contributed by atoms with Crippen molar-refractivity contribution >= 4 is 33.3 Å². The van der Waals surface area contributed by atoms with E-state index in [1.165, 1.54) is 0 Å². The third-order valence-electron chi connectivity index (χ3n) is 3.58. The molecule has 1 aromatic heterocycles. The van der Waals surface area contributed by atoms with E-state index in [0.29, 0.717) is 12.4 Å². The van der Waals surface area contributed by atoms with Crippen LogP contribution >= 0.6 is 15.9 Å². The second kappa shape index (κ2) is 7.90. The molecule has 0 spiro atoms. The van der Waals surface area contributed by atoms with Crippen molar-refractivity contribution in [1.82, 2.24) is 15.5 Å². The topological polar surface area (TPSA) is 66.9 Å². The van der Waals surface area contributed by atoms with Crippen LogP contribution in [0.3, 0.4) is 0 Å². The summed E-state index contributed by atoms with van der Waals surface area (Å²) >= 11 is 3.51. The number of nitrogens with one attached hydrogen (secondary N) is 2. The predicted octanol–water partition coefficient (Wildman–Crippen LogP) is 4.22. The number of aromatic nitrogens is 2. The SMILES string of the molecule is Cc1ccc(Nc2ccc(C(=O)NCc3ccccc3)nn2)c(Br)c1. The lowest BCUT2D eigenvalue weighted by Crippen LogP contribution is -2.24. The average molecular weight is 397 g/mol. The van der Waals surface area contributed by atoms with Crippen molar-refractivity contribution in [2.24, 2.45) is 0 Å². The van der Waals surface area contributed by atoms with E-state index >= 15 is 0 Å². The van der Waals surface area contributed by atoms with E-state index in [1.807, 2.05) is 55.5 Å². The lowest BCUT2D eigenvalue weighted by atomic mass is 10.2. The van der Waals surface area contributed by atoms with Gasteiger partial charge in [0.05, 0.1) is 5.69 Å².